The summed E-state index contributed by atoms with van der Waals surface area (Å²) in [4.78, 5) is 11.7. The summed E-state index contributed by atoms with van der Waals surface area (Å²) in [6.45, 7) is 0.297. The SMILES string of the molecule is CC(C(=O)NCC(F)(F)C(F)F)C1CCCC(N)C1. The van der Waals surface area contributed by atoms with Crippen molar-refractivity contribution in [2.24, 2.45) is 17.6 Å². The summed E-state index contributed by atoms with van der Waals surface area (Å²) in [7, 11) is 0. The third-order valence-electron chi connectivity index (χ3n) is 3.69. The fraction of sp³-hybridized carbons (Fsp3) is 0.917. The lowest BCUT2D eigenvalue weighted by Gasteiger charge is -2.30. The molecule has 3 N–H and O–H groups in total. The summed E-state index contributed by atoms with van der Waals surface area (Å²) in [5.74, 6) is -5.25. The number of halogens is 4. The molecule has 0 radical (unpaired) electrons. The van der Waals surface area contributed by atoms with Crippen molar-refractivity contribution >= 4 is 5.91 Å². The van der Waals surface area contributed by atoms with E-state index in [0.29, 0.717) is 6.42 Å². The van der Waals surface area contributed by atoms with Gasteiger partial charge in [0, 0.05) is 12.0 Å². The predicted molar refractivity (Wildman–Crippen MR) is 63.1 cm³/mol. The number of alkyl halides is 4. The van der Waals surface area contributed by atoms with Crippen LogP contribution in [0, 0.1) is 11.8 Å². The minimum Gasteiger partial charge on any atom is -0.350 e. The van der Waals surface area contributed by atoms with Crippen LogP contribution in [0.1, 0.15) is 32.6 Å². The van der Waals surface area contributed by atoms with E-state index in [1.165, 1.54) is 0 Å². The zero-order chi connectivity index (χ0) is 14.6. The van der Waals surface area contributed by atoms with Gasteiger partial charge in [0.1, 0.15) is 0 Å². The molecule has 0 saturated heterocycles. The lowest BCUT2D eigenvalue weighted by atomic mass is 9.78. The highest BCUT2D eigenvalue weighted by molar-refractivity contribution is 5.78. The number of hydrogen-bond acceptors (Lipinski definition) is 2. The maximum atomic E-state index is 12.7. The Morgan fingerprint density at radius 3 is 2.58 bits per heavy atom. The molecule has 1 saturated carbocycles. The highest BCUT2D eigenvalue weighted by atomic mass is 19.3. The molecule has 1 aliphatic carbocycles. The van der Waals surface area contributed by atoms with Crippen molar-refractivity contribution in [2.75, 3.05) is 6.54 Å². The van der Waals surface area contributed by atoms with Gasteiger partial charge in [0.2, 0.25) is 5.91 Å². The van der Waals surface area contributed by atoms with Crippen molar-refractivity contribution in [1.29, 1.82) is 0 Å². The Labute approximate surface area is 109 Å². The van der Waals surface area contributed by atoms with E-state index in [2.05, 4.69) is 0 Å². The monoisotopic (exact) mass is 284 g/mol. The quantitative estimate of drug-likeness (QED) is 0.760. The molecule has 1 amide bonds. The molecule has 3 unspecified atom stereocenters. The smallest absolute Gasteiger partial charge is 0.324 e. The van der Waals surface area contributed by atoms with Crippen LogP contribution < -0.4 is 11.1 Å². The van der Waals surface area contributed by atoms with Gasteiger partial charge < -0.3 is 11.1 Å². The molecule has 3 nitrogen and oxygen atoms in total. The van der Waals surface area contributed by atoms with Gasteiger partial charge >= 0.3 is 12.3 Å². The van der Waals surface area contributed by atoms with E-state index in [1.807, 2.05) is 5.32 Å². The molecule has 0 bridgehead atoms. The largest absolute Gasteiger partial charge is 0.350 e. The molecule has 0 aromatic rings. The maximum Gasteiger partial charge on any atom is 0.324 e. The first kappa shape index (κ1) is 16.2. The van der Waals surface area contributed by atoms with Gasteiger partial charge in [-0.15, -0.1) is 0 Å². The van der Waals surface area contributed by atoms with Crippen molar-refractivity contribution < 1.29 is 22.4 Å². The number of nitrogens with one attached hydrogen (secondary N) is 1. The normalized spacial score (nSPS) is 26.3. The summed E-state index contributed by atoms with van der Waals surface area (Å²) in [5.41, 5.74) is 5.80. The maximum absolute atomic E-state index is 12.7. The van der Waals surface area contributed by atoms with Crippen LogP contribution in [0.2, 0.25) is 0 Å². The van der Waals surface area contributed by atoms with Crippen LogP contribution in [-0.4, -0.2) is 30.8 Å². The molecule has 0 aromatic carbocycles. The van der Waals surface area contributed by atoms with Gasteiger partial charge in [-0.3, -0.25) is 4.79 Å². The predicted octanol–water partition coefficient (Wildman–Crippen LogP) is 2.16. The van der Waals surface area contributed by atoms with E-state index in [4.69, 9.17) is 5.73 Å². The molecular weight excluding hydrogens is 264 g/mol. The number of carbonyl (C=O) groups is 1. The van der Waals surface area contributed by atoms with Gasteiger partial charge in [0.25, 0.3) is 0 Å². The minimum atomic E-state index is -4.18. The Hall–Kier alpha value is -0.850. The van der Waals surface area contributed by atoms with Crippen molar-refractivity contribution in [3.63, 3.8) is 0 Å². The van der Waals surface area contributed by atoms with Crippen LogP contribution in [0.15, 0.2) is 0 Å². The highest BCUT2D eigenvalue weighted by Gasteiger charge is 2.41. The third kappa shape index (κ3) is 4.63. The highest BCUT2D eigenvalue weighted by Crippen LogP contribution is 2.29. The zero-order valence-electron chi connectivity index (χ0n) is 10.8. The number of rotatable bonds is 5. The van der Waals surface area contributed by atoms with Crippen LogP contribution in [0.5, 0.6) is 0 Å². The molecule has 0 heterocycles. The van der Waals surface area contributed by atoms with Crippen LogP contribution in [-0.2, 0) is 4.79 Å². The number of carbonyl (C=O) groups excluding carboxylic acids is 1. The van der Waals surface area contributed by atoms with Crippen LogP contribution in [0.4, 0.5) is 17.6 Å². The van der Waals surface area contributed by atoms with Gasteiger partial charge in [-0.2, -0.15) is 8.78 Å². The van der Waals surface area contributed by atoms with E-state index in [-0.39, 0.29) is 12.0 Å². The van der Waals surface area contributed by atoms with Crippen LogP contribution in [0.3, 0.4) is 0 Å². The van der Waals surface area contributed by atoms with Crippen molar-refractivity contribution in [3.8, 4) is 0 Å². The van der Waals surface area contributed by atoms with Crippen molar-refractivity contribution in [3.05, 3.63) is 0 Å². The van der Waals surface area contributed by atoms with Crippen LogP contribution >= 0.6 is 0 Å². The molecular formula is C12H20F4N2O. The van der Waals surface area contributed by atoms with E-state index >= 15 is 0 Å². The molecule has 0 aromatic heterocycles. The molecule has 1 rings (SSSR count). The molecule has 7 heteroatoms. The first-order valence-corrected chi connectivity index (χ1v) is 6.43. The molecule has 1 fully saturated rings. The standard InChI is InChI=1S/C12H20F4N2O/c1-7(8-3-2-4-9(17)5-8)10(19)18-6-12(15,16)11(13)14/h7-9,11H,2-6,17H2,1H3,(H,18,19). The number of hydrogen-bond donors (Lipinski definition) is 2. The van der Waals surface area contributed by atoms with Gasteiger partial charge in [0.15, 0.2) is 0 Å². The molecule has 112 valence electrons. The molecule has 19 heavy (non-hydrogen) atoms. The second kappa shape index (κ2) is 6.54. The summed E-state index contributed by atoms with van der Waals surface area (Å²) in [6, 6.07) is 0.0245. The first-order valence-electron chi connectivity index (χ1n) is 6.43. The Morgan fingerprint density at radius 1 is 1.42 bits per heavy atom. The Bertz CT molecular complexity index is 312. The Balaban J connectivity index is 2.44. The van der Waals surface area contributed by atoms with E-state index in [1.54, 1.807) is 6.92 Å². The summed E-state index contributed by atoms with van der Waals surface area (Å²) >= 11 is 0. The molecule has 0 spiro atoms. The van der Waals surface area contributed by atoms with E-state index in [0.717, 1.165) is 19.3 Å². The molecule has 3 atom stereocenters. The zero-order valence-corrected chi connectivity index (χ0v) is 10.8. The Morgan fingerprint density at radius 2 is 2.05 bits per heavy atom. The lowest BCUT2D eigenvalue weighted by molar-refractivity contribution is -0.139. The third-order valence-corrected chi connectivity index (χ3v) is 3.69. The summed E-state index contributed by atoms with van der Waals surface area (Å²) < 4.78 is 49.3. The second-order valence-corrected chi connectivity index (χ2v) is 5.25. The van der Waals surface area contributed by atoms with Gasteiger partial charge in [-0.1, -0.05) is 13.3 Å². The van der Waals surface area contributed by atoms with E-state index in [9.17, 15) is 22.4 Å². The molecule has 1 aliphatic rings. The topological polar surface area (TPSA) is 55.1 Å². The summed E-state index contributed by atoms with van der Waals surface area (Å²) in [6.07, 6.45) is -0.496. The van der Waals surface area contributed by atoms with Gasteiger partial charge in [-0.05, 0) is 25.2 Å². The van der Waals surface area contributed by atoms with Crippen molar-refractivity contribution in [2.45, 2.75) is 51.0 Å². The number of amides is 1. The molecule has 0 aliphatic heterocycles. The van der Waals surface area contributed by atoms with Crippen molar-refractivity contribution in [1.82, 2.24) is 5.32 Å². The second-order valence-electron chi connectivity index (χ2n) is 5.25. The summed E-state index contributed by atoms with van der Waals surface area (Å²) in [5, 5.41) is 1.91. The fourth-order valence-corrected chi connectivity index (χ4v) is 2.38. The minimum absolute atomic E-state index is 0.0245. The average Bonchev–Trinajstić information content (AvgIpc) is 2.35. The average molecular weight is 284 g/mol. The van der Waals surface area contributed by atoms with Crippen LogP contribution in [0.25, 0.3) is 0 Å². The Kier molecular flexibility index (Phi) is 5.58. The van der Waals surface area contributed by atoms with Gasteiger partial charge in [0.05, 0.1) is 6.54 Å². The first-order chi connectivity index (χ1) is 8.74. The van der Waals surface area contributed by atoms with E-state index < -0.39 is 30.7 Å². The number of nitrogens with two attached hydrogens (primary N) is 1. The lowest BCUT2D eigenvalue weighted by Crippen LogP contribution is -2.45. The van der Waals surface area contributed by atoms with Gasteiger partial charge in [-0.25, -0.2) is 8.78 Å². The fourth-order valence-electron chi connectivity index (χ4n) is 2.38.